The van der Waals surface area contributed by atoms with E-state index in [2.05, 4.69) is 90.0 Å². The van der Waals surface area contributed by atoms with Crippen LogP contribution in [-0.4, -0.2) is 0 Å². The molecule has 0 aliphatic heterocycles. The van der Waals surface area contributed by atoms with E-state index in [0.717, 1.165) is 88.8 Å². The summed E-state index contributed by atoms with van der Waals surface area (Å²) in [5.74, 6) is 13.4. The minimum atomic E-state index is 0.535. The molecule has 0 radical (unpaired) electrons. The first kappa shape index (κ1) is 35.2. The molecular weight excluding hydrogens is 468 g/mol. The molecule has 0 nitrogen and oxygen atoms in total. The fourth-order valence-corrected chi connectivity index (χ4v) is 12.3. The molecule has 3 saturated carbocycles. The zero-order valence-electron chi connectivity index (χ0n) is 29.8. The van der Waals surface area contributed by atoms with E-state index in [9.17, 15) is 0 Å². The summed E-state index contributed by atoms with van der Waals surface area (Å²) in [7, 11) is 0. The first-order valence-electron chi connectivity index (χ1n) is 18.3. The molecular formula is C39H76. The van der Waals surface area contributed by atoms with Gasteiger partial charge in [-0.2, -0.15) is 0 Å². The van der Waals surface area contributed by atoms with Crippen LogP contribution in [0, 0.1) is 94.2 Å². The third kappa shape index (κ3) is 7.15. The fourth-order valence-electron chi connectivity index (χ4n) is 12.3. The Kier molecular flexibility index (Phi) is 13.5. The Morgan fingerprint density at radius 1 is 0.744 bits per heavy atom. The second-order valence-electron chi connectivity index (χ2n) is 16.3. The zero-order valence-corrected chi connectivity index (χ0v) is 29.8. The fraction of sp³-hybridized carbons (Fsp3) is 1.00. The summed E-state index contributed by atoms with van der Waals surface area (Å²) >= 11 is 0. The molecule has 0 heteroatoms. The molecule has 0 heterocycles. The van der Waals surface area contributed by atoms with Crippen LogP contribution >= 0.6 is 0 Å². The molecule has 3 aliphatic carbocycles. The average Bonchev–Trinajstić information content (AvgIpc) is 2.86. The molecule has 0 aromatic carbocycles. The van der Waals surface area contributed by atoms with E-state index in [1.54, 1.807) is 0 Å². The summed E-state index contributed by atoms with van der Waals surface area (Å²) in [6.07, 6.45) is 11.6. The van der Waals surface area contributed by atoms with Gasteiger partial charge in [-0.1, -0.05) is 130 Å². The van der Waals surface area contributed by atoms with Gasteiger partial charge >= 0.3 is 0 Å². The molecule has 232 valence electrons. The van der Waals surface area contributed by atoms with Crippen molar-refractivity contribution >= 4 is 0 Å². The molecule has 14 atom stereocenters. The van der Waals surface area contributed by atoms with Gasteiger partial charge in [-0.3, -0.25) is 0 Å². The topological polar surface area (TPSA) is 0 Å². The molecule has 14 unspecified atom stereocenters. The van der Waals surface area contributed by atoms with E-state index in [-0.39, 0.29) is 0 Å². The van der Waals surface area contributed by atoms with Gasteiger partial charge in [0.05, 0.1) is 0 Å². The van der Waals surface area contributed by atoms with Crippen molar-refractivity contribution < 1.29 is 0 Å². The van der Waals surface area contributed by atoms with Crippen molar-refractivity contribution in [1.29, 1.82) is 0 Å². The Bertz CT molecular complexity index is 690. The van der Waals surface area contributed by atoms with Crippen LogP contribution in [-0.2, 0) is 0 Å². The number of hydrogen-bond acceptors (Lipinski definition) is 0. The van der Waals surface area contributed by atoms with Crippen LogP contribution in [0.1, 0.15) is 155 Å². The Labute approximate surface area is 249 Å². The van der Waals surface area contributed by atoms with Gasteiger partial charge in [-0.05, 0) is 120 Å². The first-order valence-corrected chi connectivity index (χ1v) is 18.3. The van der Waals surface area contributed by atoms with Gasteiger partial charge in [0.1, 0.15) is 0 Å². The molecule has 0 bridgehead atoms. The molecule has 0 spiro atoms. The van der Waals surface area contributed by atoms with Crippen LogP contribution in [0.15, 0.2) is 0 Å². The molecule has 3 rings (SSSR count). The third-order valence-corrected chi connectivity index (χ3v) is 13.7. The number of fused-ring (bicyclic) bond motifs is 2. The van der Waals surface area contributed by atoms with Crippen molar-refractivity contribution in [2.24, 2.45) is 94.2 Å². The normalized spacial score (nSPS) is 41.6. The van der Waals surface area contributed by atoms with Gasteiger partial charge < -0.3 is 0 Å². The van der Waals surface area contributed by atoms with Crippen LogP contribution < -0.4 is 0 Å². The molecule has 0 saturated heterocycles. The van der Waals surface area contributed by atoms with Crippen LogP contribution in [0.25, 0.3) is 0 Å². The Morgan fingerprint density at radius 2 is 1.36 bits per heavy atom. The van der Waals surface area contributed by atoms with Crippen molar-refractivity contribution in [1.82, 2.24) is 0 Å². The van der Waals surface area contributed by atoms with E-state index in [1.807, 2.05) is 13.8 Å². The Hall–Kier alpha value is 0. The highest BCUT2D eigenvalue weighted by Crippen LogP contribution is 2.67. The smallest absolute Gasteiger partial charge is 0.0287 e. The molecule has 3 aliphatic rings. The maximum Gasteiger partial charge on any atom is -0.0287 e. The van der Waals surface area contributed by atoms with Gasteiger partial charge in [0.2, 0.25) is 0 Å². The van der Waals surface area contributed by atoms with Crippen LogP contribution in [0.4, 0.5) is 0 Å². The lowest BCUT2D eigenvalue weighted by molar-refractivity contribution is -0.170. The minimum absolute atomic E-state index is 0.535. The van der Waals surface area contributed by atoms with E-state index in [4.69, 9.17) is 0 Å². The summed E-state index contributed by atoms with van der Waals surface area (Å²) in [5, 5.41) is 0. The van der Waals surface area contributed by atoms with Crippen molar-refractivity contribution in [3.05, 3.63) is 0 Å². The predicted molar refractivity (Wildman–Crippen MR) is 177 cm³/mol. The average molecular weight is 545 g/mol. The summed E-state index contributed by atoms with van der Waals surface area (Å²) in [6.45, 7) is 37.7. The largest absolute Gasteiger partial charge is 0.0683 e. The number of hydrogen-bond donors (Lipinski definition) is 0. The first-order chi connectivity index (χ1) is 18.3. The zero-order chi connectivity index (χ0) is 29.8. The summed E-state index contributed by atoms with van der Waals surface area (Å²) in [4.78, 5) is 0. The van der Waals surface area contributed by atoms with Gasteiger partial charge in [0, 0.05) is 0 Å². The van der Waals surface area contributed by atoms with Crippen molar-refractivity contribution in [2.45, 2.75) is 155 Å². The third-order valence-electron chi connectivity index (χ3n) is 13.7. The van der Waals surface area contributed by atoms with E-state index >= 15 is 0 Å². The summed E-state index contributed by atoms with van der Waals surface area (Å²) < 4.78 is 0. The lowest BCUT2D eigenvalue weighted by Crippen LogP contribution is -2.59. The Balaban J connectivity index is 0.00000260. The maximum atomic E-state index is 2.81. The van der Waals surface area contributed by atoms with E-state index in [1.165, 1.54) is 51.4 Å². The van der Waals surface area contributed by atoms with Crippen LogP contribution in [0.5, 0.6) is 0 Å². The molecule has 0 aromatic heterocycles. The summed E-state index contributed by atoms with van der Waals surface area (Å²) in [6, 6.07) is 0. The highest BCUT2D eigenvalue weighted by atomic mass is 14.6. The monoisotopic (exact) mass is 545 g/mol. The molecule has 3 fully saturated rings. The standard InChI is InChI=1S/C37H70.C2H6/c1-14-24(8)19-29-18-17-25(9)34-27(11)36-28(12)35(26(10)30(15-2)22(4)5)33(31(16-3)23(6)7)21-37(36,13)20-32(29)34;1-2/h22-36H,14-21H2,1-13H3;1-2H3. The predicted octanol–water partition coefficient (Wildman–Crippen LogP) is 12.7. The molecule has 0 amide bonds. The molecule has 0 N–H and O–H groups in total. The van der Waals surface area contributed by atoms with Gasteiger partial charge in [0.15, 0.2) is 0 Å². The van der Waals surface area contributed by atoms with Gasteiger partial charge in [0.25, 0.3) is 0 Å². The molecule has 0 aromatic rings. The lowest BCUT2D eigenvalue weighted by Gasteiger charge is -2.65. The van der Waals surface area contributed by atoms with E-state index in [0.29, 0.717) is 5.41 Å². The quantitative estimate of drug-likeness (QED) is 0.256. The minimum Gasteiger partial charge on any atom is -0.0683 e. The van der Waals surface area contributed by atoms with Gasteiger partial charge in [-0.15, -0.1) is 0 Å². The van der Waals surface area contributed by atoms with Crippen molar-refractivity contribution in [3.8, 4) is 0 Å². The second-order valence-corrected chi connectivity index (χ2v) is 16.3. The maximum absolute atomic E-state index is 2.81. The van der Waals surface area contributed by atoms with E-state index < -0.39 is 0 Å². The highest BCUT2D eigenvalue weighted by molar-refractivity contribution is 5.09. The Morgan fingerprint density at radius 3 is 1.85 bits per heavy atom. The summed E-state index contributed by atoms with van der Waals surface area (Å²) in [5.41, 5.74) is 0.535. The SMILES string of the molecule is CC.CCC(C)CC1CCC(C)C2C(C)C3C(C)C(C(C)C(CC)C(C)C)C(C(CC)C(C)C)CC3(C)CC12. The van der Waals surface area contributed by atoms with Crippen LogP contribution in [0.3, 0.4) is 0 Å². The molecule has 39 heavy (non-hydrogen) atoms. The highest BCUT2D eigenvalue weighted by Gasteiger charge is 2.60. The second kappa shape index (κ2) is 14.9. The lowest BCUT2D eigenvalue weighted by atomic mass is 9.39. The van der Waals surface area contributed by atoms with Crippen molar-refractivity contribution in [2.75, 3.05) is 0 Å². The number of rotatable bonds is 10. The van der Waals surface area contributed by atoms with Gasteiger partial charge in [-0.25, -0.2) is 0 Å². The van der Waals surface area contributed by atoms with Crippen molar-refractivity contribution in [3.63, 3.8) is 0 Å². The van der Waals surface area contributed by atoms with Crippen LogP contribution in [0.2, 0.25) is 0 Å².